The van der Waals surface area contributed by atoms with Crippen molar-refractivity contribution >= 4 is 33.2 Å². The van der Waals surface area contributed by atoms with E-state index < -0.39 is 0 Å². The van der Waals surface area contributed by atoms with Gasteiger partial charge in [0.25, 0.3) is 0 Å². The van der Waals surface area contributed by atoms with Gasteiger partial charge in [0.1, 0.15) is 5.75 Å². The highest BCUT2D eigenvalue weighted by Crippen LogP contribution is 2.45. The van der Waals surface area contributed by atoms with Crippen LogP contribution >= 0.6 is 0 Å². The summed E-state index contributed by atoms with van der Waals surface area (Å²) in [7, 11) is 1.67. The van der Waals surface area contributed by atoms with Crippen LogP contribution in [0, 0.1) is 11.3 Å². The molecule has 1 aliphatic carbocycles. The quantitative estimate of drug-likeness (QED) is 0.353. The summed E-state index contributed by atoms with van der Waals surface area (Å²) >= 11 is 0. The lowest BCUT2D eigenvalue weighted by atomic mass is 9.71. The van der Waals surface area contributed by atoms with E-state index in [-0.39, 0.29) is 23.2 Å². The number of methoxy groups -OCH3 is 1. The van der Waals surface area contributed by atoms with Crippen LogP contribution in [0.4, 0.5) is 0 Å². The van der Waals surface area contributed by atoms with Crippen molar-refractivity contribution < 1.29 is 9.53 Å². The molecule has 5 rings (SSSR count). The highest BCUT2D eigenvalue weighted by molar-refractivity contribution is 6.24. The van der Waals surface area contributed by atoms with Gasteiger partial charge in [-0.15, -0.1) is 0 Å². The van der Waals surface area contributed by atoms with Gasteiger partial charge in [-0.05, 0) is 36.0 Å². The Morgan fingerprint density at radius 2 is 1.41 bits per heavy atom. The predicted molar refractivity (Wildman–Crippen MR) is 132 cm³/mol. The minimum atomic E-state index is -0.270. The molecule has 0 bridgehead atoms. The maximum absolute atomic E-state index is 14.1. The number of hydrogen-bond acceptors (Lipinski definition) is 2. The van der Waals surface area contributed by atoms with Gasteiger partial charge in [0, 0.05) is 32.9 Å². The Hall–Kier alpha value is -3.33. The molecule has 1 aliphatic rings. The van der Waals surface area contributed by atoms with Gasteiger partial charge < -0.3 is 9.30 Å². The van der Waals surface area contributed by atoms with E-state index in [0.717, 1.165) is 34.3 Å². The number of aromatic nitrogens is 1. The number of allylic oxidation sites excluding steroid dienone is 2. The number of nitrogens with zero attached hydrogens (tertiary/aromatic N) is 1. The first kappa shape index (κ1) is 20.6. The zero-order valence-electron chi connectivity index (χ0n) is 19.1. The molecule has 162 valence electrons. The molecule has 0 spiro atoms. The topological polar surface area (TPSA) is 31.2 Å². The fourth-order valence-corrected chi connectivity index (χ4v) is 5.08. The Labute approximate surface area is 189 Å². The number of fused-ring (bicyclic) bond motifs is 3. The van der Waals surface area contributed by atoms with E-state index >= 15 is 0 Å². The van der Waals surface area contributed by atoms with Crippen LogP contribution in [0.5, 0.6) is 5.75 Å². The molecule has 3 heteroatoms. The second-order valence-corrected chi connectivity index (χ2v) is 9.77. The van der Waals surface area contributed by atoms with Crippen molar-refractivity contribution in [2.45, 2.75) is 33.2 Å². The number of ketones is 1. The molecule has 0 aliphatic heterocycles. The van der Waals surface area contributed by atoms with Crippen molar-refractivity contribution in [3.8, 4) is 5.75 Å². The van der Waals surface area contributed by atoms with Crippen LogP contribution in [0.25, 0.3) is 27.4 Å². The molecule has 2 atom stereocenters. The van der Waals surface area contributed by atoms with Gasteiger partial charge in [0.2, 0.25) is 0 Å². The number of carbonyl (C=O) groups excluding carboxylic acids is 1. The van der Waals surface area contributed by atoms with Crippen LogP contribution in [0.2, 0.25) is 0 Å². The van der Waals surface area contributed by atoms with Gasteiger partial charge in [0.05, 0.1) is 13.2 Å². The van der Waals surface area contributed by atoms with E-state index in [9.17, 15) is 4.79 Å². The van der Waals surface area contributed by atoms with Crippen LogP contribution in [-0.4, -0.2) is 17.5 Å². The van der Waals surface area contributed by atoms with Gasteiger partial charge in [0.15, 0.2) is 5.78 Å². The Morgan fingerprint density at radius 3 is 2.00 bits per heavy atom. The van der Waals surface area contributed by atoms with Crippen molar-refractivity contribution in [3.05, 3.63) is 84.4 Å². The molecule has 0 amide bonds. The SMILES string of the molecule is COc1ccccc1C1=CC(C(C)(C)C)CC(n2c3ccccc3c3ccccc32)C1=O. The van der Waals surface area contributed by atoms with Crippen LogP contribution in [0.15, 0.2) is 78.9 Å². The van der Waals surface area contributed by atoms with Crippen LogP contribution in [0.3, 0.4) is 0 Å². The first-order valence-electron chi connectivity index (χ1n) is 11.3. The molecule has 4 aromatic rings. The number of benzene rings is 3. The van der Waals surface area contributed by atoms with Crippen molar-refractivity contribution in [1.82, 2.24) is 4.57 Å². The van der Waals surface area contributed by atoms with Crippen LogP contribution in [-0.2, 0) is 4.79 Å². The number of carbonyl (C=O) groups is 1. The highest BCUT2D eigenvalue weighted by atomic mass is 16.5. The zero-order chi connectivity index (χ0) is 22.5. The number of hydrogen-bond donors (Lipinski definition) is 0. The highest BCUT2D eigenvalue weighted by Gasteiger charge is 2.38. The second kappa shape index (κ2) is 7.67. The van der Waals surface area contributed by atoms with E-state index in [0.29, 0.717) is 0 Å². The summed E-state index contributed by atoms with van der Waals surface area (Å²) in [6.07, 6.45) is 2.97. The molecule has 2 unspecified atom stereocenters. The molecular weight excluding hydrogens is 394 g/mol. The standard InChI is InChI=1S/C29H29NO2/c1-29(2,3)19-17-23(22-13-7-10-16-27(22)32-4)28(31)26(18-19)30-24-14-8-5-11-20(24)21-12-6-9-15-25(21)30/h5-17,19,26H,18H2,1-4H3. The third-order valence-corrected chi connectivity index (χ3v) is 6.85. The maximum Gasteiger partial charge on any atom is 0.186 e. The largest absolute Gasteiger partial charge is 0.496 e. The number of para-hydroxylation sites is 3. The molecule has 0 N–H and O–H groups in total. The monoisotopic (exact) mass is 423 g/mol. The average molecular weight is 424 g/mol. The first-order chi connectivity index (χ1) is 15.4. The molecule has 32 heavy (non-hydrogen) atoms. The molecule has 0 fully saturated rings. The molecule has 3 nitrogen and oxygen atoms in total. The van der Waals surface area contributed by atoms with E-state index in [1.807, 2.05) is 24.3 Å². The molecule has 0 saturated heterocycles. The minimum absolute atomic E-state index is 0.0327. The third kappa shape index (κ3) is 3.24. The van der Waals surface area contributed by atoms with E-state index in [4.69, 9.17) is 4.74 Å². The lowest BCUT2D eigenvalue weighted by Gasteiger charge is -2.37. The van der Waals surface area contributed by atoms with Gasteiger partial charge in [-0.3, -0.25) is 4.79 Å². The second-order valence-electron chi connectivity index (χ2n) is 9.77. The third-order valence-electron chi connectivity index (χ3n) is 6.85. The number of ether oxygens (including phenoxy) is 1. The van der Waals surface area contributed by atoms with E-state index in [1.54, 1.807) is 7.11 Å². The smallest absolute Gasteiger partial charge is 0.186 e. The lowest BCUT2D eigenvalue weighted by Crippen LogP contribution is -2.32. The Bertz CT molecular complexity index is 1300. The lowest BCUT2D eigenvalue weighted by molar-refractivity contribution is -0.117. The van der Waals surface area contributed by atoms with Crippen LogP contribution < -0.4 is 4.74 Å². The fraction of sp³-hybridized carbons (Fsp3) is 0.276. The maximum atomic E-state index is 14.1. The van der Waals surface area contributed by atoms with Crippen molar-refractivity contribution in [3.63, 3.8) is 0 Å². The number of Topliss-reactive ketones (excluding diaryl/α,β-unsaturated/α-hetero) is 1. The number of rotatable bonds is 3. The fourth-order valence-electron chi connectivity index (χ4n) is 5.08. The Balaban J connectivity index is 1.76. The van der Waals surface area contributed by atoms with Crippen molar-refractivity contribution in [2.24, 2.45) is 11.3 Å². The van der Waals surface area contributed by atoms with Gasteiger partial charge in [-0.1, -0.05) is 81.4 Å². The molecular formula is C29H29NO2. The van der Waals surface area contributed by atoms with Crippen molar-refractivity contribution in [1.29, 1.82) is 0 Å². The predicted octanol–water partition coefficient (Wildman–Crippen LogP) is 7.06. The Morgan fingerprint density at radius 1 is 0.844 bits per heavy atom. The molecule has 0 saturated carbocycles. The normalized spacial score (nSPS) is 19.4. The Kier molecular flexibility index (Phi) is 4.93. The van der Waals surface area contributed by atoms with Gasteiger partial charge in [-0.25, -0.2) is 0 Å². The minimum Gasteiger partial charge on any atom is -0.496 e. The molecule has 0 radical (unpaired) electrons. The average Bonchev–Trinajstić information content (AvgIpc) is 3.13. The van der Waals surface area contributed by atoms with Gasteiger partial charge in [-0.2, -0.15) is 0 Å². The van der Waals surface area contributed by atoms with Gasteiger partial charge >= 0.3 is 0 Å². The summed E-state index contributed by atoms with van der Waals surface area (Å²) in [6.45, 7) is 6.77. The summed E-state index contributed by atoms with van der Waals surface area (Å²) in [5, 5.41) is 2.38. The van der Waals surface area contributed by atoms with E-state index in [2.05, 4.69) is 79.9 Å². The molecule has 1 heterocycles. The summed E-state index contributed by atoms with van der Waals surface area (Å²) in [6, 6.07) is 24.4. The summed E-state index contributed by atoms with van der Waals surface area (Å²) < 4.78 is 7.91. The van der Waals surface area contributed by atoms with Crippen LogP contribution in [0.1, 0.15) is 38.8 Å². The zero-order valence-corrected chi connectivity index (χ0v) is 19.1. The van der Waals surface area contributed by atoms with E-state index in [1.165, 1.54) is 10.8 Å². The molecule has 1 aromatic heterocycles. The van der Waals surface area contributed by atoms with Crippen molar-refractivity contribution in [2.75, 3.05) is 7.11 Å². The summed E-state index contributed by atoms with van der Waals surface area (Å²) in [5.41, 5.74) is 3.90. The first-order valence-corrected chi connectivity index (χ1v) is 11.3. The summed E-state index contributed by atoms with van der Waals surface area (Å²) in [5.74, 6) is 1.15. The molecule has 3 aromatic carbocycles. The summed E-state index contributed by atoms with van der Waals surface area (Å²) in [4.78, 5) is 14.1.